The smallest absolute Gasteiger partial charge is 0.347 e. The number of aliphatic carboxylic acids is 2. The third-order valence-electron chi connectivity index (χ3n) is 3.02. The lowest BCUT2D eigenvalue weighted by Gasteiger charge is -2.27. The minimum absolute atomic E-state index is 0.0101. The number of rotatable bonds is 4. The molecule has 0 aliphatic heterocycles. The number of hydrogen-bond donors (Lipinski definition) is 3. The Bertz CT molecular complexity index is 241. The van der Waals surface area contributed by atoms with Crippen LogP contribution in [-0.2, 0) is 9.59 Å². The van der Waals surface area contributed by atoms with Gasteiger partial charge >= 0.3 is 11.9 Å². The fraction of sp³-hybridized carbons (Fsp3) is 0.800. The molecule has 1 aliphatic rings. The first kappa shape index (κ1) is 12.0. The van der Waals surface area contributed by atoms with Crippen LogP contribution in [0.15, 0.2) is 0 Å². The van der Waals surface area contributed by atoms with E-state index in [9.17, 15) is 14.7 Å². The molecule has 1 aliphatic carbocycles. The van der Waals surface area contributed by atoms with E-state index in [0.29, 0.717) is 0 Å². The van der Waals surface area contributed by atoms with Gasteiger partial charge in [0.1, 0.15) is 0 Å². The van der Waals surface area contributed by atoms with Crippen LogP contribution in [0.1, 0.15) is 38.5 Å². The Balaban J connectivity index is 2.65. The minimum atomic E-state index is -2.61. The van der Waals surface area contributed by atoms with E-state index in [1.54, 1.807) is 0 Å². The molecule has 0 heterocycles. The second-order valence-corrected chi connectivity index (χ2v) is 4.18. The Morgan fingerprint density at radius 1 is 1.07 bits per heavy atom. The lowest BCUT2D eigenvalue weighted by molar-refractivity contribution is -0.178. The normalized spacial score (nSPS) is 18.7. The molecule has 0 aromatic carbocycles. The van der Waals surface area contributed by atoms with E-state index >= 15 is 0 Å². The first-order chi connectivity index (χ1) is 6.97. The van der Waals surface area contributed by atoms with Crippen molar-refractivity contribution in [2.24, 2.45) is 5.92 Å². The van der Waals surface area contributed by atoms with E-state index in [-0.39, 0.29) is 12.3 Å². The molecule has 5 nitrogen and oxygen atoms in total. The molecular weight excluding hydrogens is 200 g/mol. The first-order valence-electron chi connectivity index (χ1n) is 5.16. The summed E-state index contributed by atoms with van der Waals surface area (Å²) < 4.78 is 0. The number of carboxylic acid groups (broad SMARTS) is 2. The summed E-state index contributed by atoms with van der Waals surface area (Å²) in [5.41, 5.74) is -2.61. The van der Waals surface area contributed by atoms with Crippen molar-refractivity contribution >= 4 is 11.9 Å². The van der Waals surface area contributed by atoms with Crippen LogP contribution in [0.5, 0.6) is 0 Å². The molecule has 0 saturated heterocycles. The number of aliphatic hydroxyl groups is 1. The molecule has 0 unspecified atom stereocenters. The van der Waals surface area contributed by atoms with Crippen LogP contribution >= 0.6 is 0 Å². The molecule has 86 valence electrons. The van der Waals surface area contributed by atoms with E-state index in [1.165, 1.54) is 0 Å². The molecule has 5 heteroatoms. The fourth-order valence-electron chi connectivity index (χ4n) is 2.08. The Hall–Kier alpha value is -1.10. The highest BCUT2D eigenvalue weighted by Crippen LogP contribution is 2.31. The molecule has 3 N–H and O–H groups in total. The van der Waals surface area contributed by atoms with Crippen molar-refractivity contribution in [2.45, 2.75) is 44.1 Å². The van der Waals surface area contributed by atoms with Gasteiger partial charge in [-0.05, 0) is 5.92 Å². The van der Waals surface area contributed by atoms with Crippen LogP contribution < -0.4 is 0 Å². The topological polar surface area (TPSA) is 94.8 Å². The summed E-state index contributed by atoms with van der Waals surface area (Å²) in [7, 11) is 0. The van der Waals surface area contributed by atoms with Gasteiger partial charge in [-0.3, -0.25) is 0 Å². The maximum Gasteiger partial charge on any atom is 0.347 e. The lowest BCUT2D eigenvalue weighted by atomic mass is 9.81. The summed E-state index contributed by atoms with van der Waals surface area (Å²) in [4.78, 5) is 21.4. The second kappa shape index (κ2) is 4.61. The molecule has 0 radical (unpaired) electrons. The average molecular weight is 216 g/mol. The SMILES string of the molecule is O=C(O)C(O)(CC1CCCCC1)C(=O)O. The van der Waals surface area contributed by atoms with Gasteiger partial charge in [-0.15, -0.1) is 0 Å². The largest absolute Gasteiger partial charge is 0.479 e. The van der Waals surface area contributed by atoms with Crippen molar-refractivity contribution in [3.63, 3.8) is 0 Å². The maximum atomic E-state index is 10.7. The van der Waals surface area contributed by atoms with Crippen molar-refractivity contribution in [1.82, 2.24) is 0 Å². The van der Waals surface area contributed by atoms with Gasteiger partial charge in [0.05, 0.1) is 0 Å². The summed E-state index contributed by atoms with van der Waals surface area (Å²) in [5, 5.41) is 26.9. The molecule has 0 aromatic heterocycles. The van der Waals surface area contributed by atoms with Crippen LogP contribution in [-0.4, -0.2) is 32.9 Å². The van der Waals surface area contributed by atoms with E-state index in [0.717, 1.165) is 32.1 Å². The molecule has 1 saturated carbocycles. The molecular formula is C10H16O5. The summed E-state index contributed by atoms with van der Waals surface area (Å²) in [6.45, 7) is 0. The van der Waals surface area contributed by atoms with Gasteiger partial charge < -0.3 is 15.3 Å². The van der Waals surface area contributed by atoms with Gasteiger partial charge in [0.15, 0.2) is 0 Å². The Labute approximate surface area is 87.7 Å². The van der Waals surface area contributed by atoms with E-state index < -0.39 is 17.5 Å². The lowest BCUT2D eigenvalue weighted by Crippen LogP contribution is -2.48. The molecule has 0 atom stereocenters. The van der Waals surface area contributed by atoms with E-state index in [2.05, 4.69) is 0 Å². The highest BCUT2D eigenvalue weighted by molar-refractivity contribution is 6.01. The molecule has 0 spiro atoms. The molecule has 15 heavy (non-hydrogen) atoms. The van der Waals surface area contributed by atoms with Crippen LogP contribution in [0.25, 0.3) is 0 Å². The fourth-order valence-corrected chi connectivity index (χ4v) is 2.08. The van der Waals surface area contributed by atoms with Gasteiger partial charge in [-0.1, -0.05) is 32.1 Å². The average Bonchev–Trinajstić information content (AvgIpc) is 2.18. The van der Waals surface area contributed by atoms with Gasteiger partial charge in [0.2, 0.25) is 0 Å². The van der Waals surface area contributed by atoms with E-state index in [1.807, 2.05) is 0 Å². The molecule has 0 bridgehead atoms. The standard InChI is InChI=1S/C10H16O5/c11-8(12)10(15,9(13)14)6-7-4-2-1-3-5-7/h7,15H,1-6H2,(H,11,12)(H,13,14). The first-order valence-corrected chi connectivity index (χ1v) is 5.16. The Kier molecular flexibility index (Phi) is 3.68. The van der Waals surface area contributed by atoms with Crippen LogP contribution in [0.3, 0.4) is 0 Å². The Morgan fingerprint density at radius 2 is 1.53 bits per heavy atom. The zero-order valence-electron chi connectivity index (χ0n) is 8.48. The third kappa shape index (κ3) is 2.68. The van der Waals surface area contributed by atoms with Crippen molar-refractivity contribution in [3.8, 4) is 0 Å². The van der Waals surface area contributed by atoms with Gasteiger partial charge in [0.25, 0.3) is 5.60 Å². The van der Waals surface area contributed by atoms with Crippen molar-refractivity contribution < 1.29 is 24.9 Å². The highest BCUT2D eigenvalue weighted by atomic mass is 16.4. The third-order valence-corrected chi connectivity index (χ3v) is 3.02. The number of carbonyl (C=O) groups is 2. The molecule has 1 fully saturated rings. The van der Waals surface area contributed by atoms with Gasteiger partial charge in [-0.2, -0.15) is 0 Å². The quantitative estimate of drug-likeness (QED) is 0.606. The van der Waals surface area contributed by atoms with E-state index in [4.69, 9.17) is 10.2 Å². The summed E-state index contributed by atoms with van der Waals surface area (Å²) in [6.07, 6.45) is 4.51. The Morgan fingerprint density at radius 3 is 1.93 bits per heavy atom. The minimum Gasteiger partial charge on any atom is -0.479 e. The van der Waals surface area contributed by atoms with Gasteiger partial charge in [-0.25, -0.2) is 9.59 Å². The zero-order chi connectivity index (χ0) is 11.5. The van der Waals surface area contributed by atoms with Crippen LogP contribution in [0.2, 0.25) is 0 Å². The molecule has 0 aromatic rings. The predicted molar refractivity (Wildman–Crippen MR) is 51.4 cm³/mol. The van der Waals surface area contributed by atoms with Crippen LogP contribution in [0.4, 0.5) is 0 Å². The number of carboxylic acids is 2. The predicted octanol–water partition coefficient (Wildman–Crippen LogP) is 0.857. The summed E-state index contributed by atoms with van der Waals surface area (Å²) >= 11 is 0. The van der Waals surface area contributed by atoms with Gasteiger partial charge in [0, 0.05) is 6.42 Å². The molecule has 0 amide bonds. The number of hydrogen-bond acceptors (Lipinski definition) is 3. The summed E-state index contributed by atoms with van der Waals surface area (Å²) in [6, 6.07) is 0. The zero-order valence-corrected chi connectivity index (χ0v) is 8.48. The molecule has 1 rings (SSSR count). The highest BCUT2D eigenvalue weighted by Gasteiger charge is 2.46. The van der Waals surface area contributed by atoms with Crippen molar-refractivity contribution in [1.29, 1.82) is 0 Å². The van der Waals surface area contributed by atoms with Crippen LogP contribution in [0, 0.1) is 5.92 Å². The van der Waals surface area contributed by atoms with Crippen molar-refractivity contribution in [2.75, 3.05) is 0 Å². The summed E-state index contributed by atoms with van der Waals surface area (Å²) in [5.74, 6) is -3.32. The van der Waals surface area contributed by atoms with Crippen molar-refractivity contribution in [3.05, 3.63) is 0 Å². The second-order valence-electron chi connectivity index (χ2n) is 4.18. The maximum absolute atomic E-state index is 10.7. The monoisotopic (exact) mass is 216 g/mol.